The fraction of sp³-hybridized carbons (Fsp3) is 0.176. The molecule has 0 heterocycles. The number of aromatic carboxylic acids is 2. The Morgan fingerprint density at radius 1 is 1.04 bits per heavy atom. The van der Waals surface area contributed by atoms with Crippen molar-refractivity contribution < 1.29 is 19.8 Å². The lowest BCUT2D eigenvalue weighted by Crippen LogP contribution is -2.15. The average molecular weight is 331 g/mol. The predicted octanol–water partition coefficient (Wildman–Crippen LogP) is 3.69. The van der Waals surface area contributed by atoms with E-state index in [2.05, 4.69) is 11.8 Å². The van der Waals surface area contributed by atoms with E-state index in [1.54, 1.807) is 0 Å². The van der Waals surface area contributed by atoms with Crippen LogP contribution in [0.5, 0.6) is 0 Å². The topological polar surface area (TPSA) is 77.8 Å². The van der Waals surface area contributed by atoms with E-state index in [1.807, 2.05) is 31.3 Å². The largest absolute Gasteiger partial charge is 0.478 e. The summed E-state index contributed by atoms with van der Waals surface area (Å²) < 4.78 is 0. The van der Waals surface area contributed by atoms with Crippen LogP contribution in [-0.4, -0.2) is 35.7 Å². The van der Waals surface area contributed by atoms with Gasteiger partial charge in [-0.15, -0.1) is 0 Å². The van der Waals surface area contributed by atoms with Crippen LogP contribution in [0.15, 0.2) is 52.3 Å². The summed E-state index contributed by atoms with van der Waals surface area (Å²) >= 11 is 1.24. The van der Waals surface area contributed by atoms with Gasteiger partial charge in [0.15, 0.2) is 0 Å². The summed E-state index contributed by atoms with van der Waals surface area (Å²) in [5.41, 5.74) is 1.23. The molecule has 0 aliphatic carbocycles. The smallest absolute Gasteiger partial charge is 0.336 e. The first kappa shape index (κ1) is 16.9. The number of rotatable bonds is 6. The number of benzene rings is 2. The average Bonchev–Trinajstić information content (AvgIpc) is 2.54. The van der Waals surface area contributed by atoms with Crippen LogP contribution in [0.1, 0.15) is 27.6 Å². The zero-order valence-electron chi connectivity index (χ0n) is 12.8. The maximum atomic E-state index is 11.3. The predicted molar refractivity (Wildman–Crippen MR) is 89.9 cm³/mol. The van der Waals surface area contributed by atoms with E-state index >= 15 is 0 Å². The summed E-state index contributed by atoms with van der Waals surface area (Å²) in [4.78, 5) is 25.7. The quantitative estimate of drug-likeness (QED) is 0.840. The van der Waals surface area contributed by atoms with Gasteiger partial charge in [0.25, 0.3) is 0 Å². The molecule has 0 aliphatic rings. The lowest BCUT2D eigenvalue weighted by molar-refractivity contribution is 0.0678. The summed E-state index contributed by atoms with van der Waals surface area (Å²) in [6.07, 6.45) is 0. The van der Waals surface area contributed by atoms with E-state index in [4.69, 9.17) is 5.11 Å². The van der Waals surface area contributed by atoms with Gasteiger partial charge in [-0.1, -0.05) is 11.8 Å². The highest BCUT2D eigenvalue weighted by Gasteiger charge is 2.14. The molecule has 6 heteroatoms. The maximum Gasteiger partial charge on any atom is 0.336 e. The molecule has 2 N–H and O–H groups in total. The third-order valence-corrected chi connectivity index (χ3v) is 4.50. The van der Waals surface area contributed by atoms with Crippen LogP contribution in [0.3, 0.4) is 0 Å². The summed E-state index contributed by atoms with van der Waals surface area (Å²) in [7, 11) is 1.99. The first-order chi connectivity index (χ1) is 10.9. The molecule has 0 spiro atoms. The van der Waals surface area contributed by atoms with Gasteiger partial charge in [0, 0.05) is 29.1 Å². The second-order valence-electron chi connectivity index (χ2n) is 4.93. The van der Waals surface area contributed by atoms with Gasteiger partial charge in [-0.05, 0) is 49.4 Å². The van der Waals surface area contributed by atoms with Crippen LogP contribution < -0.4 is 4.90 Å². The molecule has 0 atom stereocenters. The summed E-state index contributed by atoms with van der Waals surface area (Å²) in [5, 5.41) is 18.3. The molecule has 0 saturated carbocycles. The summed E-state index contributed by atoms with van der Waals surface area (Å²) in [6.45, 7) is 2.94. The highest BCUT2D eigenvalue weighted by atomic mass is 32.2. The Morgan fingerprint density at radius 2 is 1.70 bits per heavy atom. The third kappa shape index (κ3) is 4.04. The molecular formula is C17H17NO4S. The zero-order valence-corrected chi connectivity index (χ0v) is 13.6. The SMILES string of the molecule is CCN(C)c1ccc(Sc2cc(C(=O)O)ccc2C(=O)O)cc1. The van der Waals surface area contributed by atoms with Crippen molar-refractivity contribution in [3.8, 4) is 0 Å². The van der Waals surface area contributed by atoms with Gasteiger partial charge in [-0.25, -0.2) is 9.59 Å². The monoisotopic (exact) mass is 331 g/mol. The molecule has 23 heavy (non-hydrogen) atoms. The molecule has 0 saturated heterocycles. The molecule has 120 valence electrons. The third-order valence-electron chi connectivity index (χ3n) is 3.44. The Bertz CT molecular complexity index is 728. The Morgan fingerprint density at radius 3 is 2.22 bits per heavy atom. The van der Waals surface area contributed by atoms with Crippen LogP contribution in [0.4, 0.5) is 5.69 Å². The molecule has 0 aliphatic heterocycles. The van der Waals surface area contributed by atoms with E-state index in [-0.39, 0.29) is 11.1 Å². The second-order valence-corrected chi connectivity index (χ2v) is 6.05. The first-order valence-corrected chi connectivity index (χ1v) is 7.83. The van der Waals surface area contributed by atoms with Gasteiger partial charge >= 0.3 is 11.9 Å². The van der Waals surface area contributed by atoms with Crippen molar-refractivity contribution in [3.05, 3.63) is 53.6 Å². The van der Waals surface area contributed by atoms with Crippen LogP contribution >= 0.6 is 11.8 Å². The van der Waals surface area contributed by atoms with Crippen LogP contribution in [-0.2, 0) is 0 Å². The van der Waals surface area contributed by atoms with Crippen LogP contribution in [0.2, 0.25) is 0 Å². The molecule has 2 aromatic rings. The van der Waals surface area contributed by atoms with Gasteiger partial charge in [-0.2, -0.15) is 0 Å². The molecule has 0 unspecified atom stereocenters. The minimum atomic E-state index is -1.08. The second kappa shape index (κ2) is 7.19. The molecule has 0 amide bonds. The normalized spacial score (nSPS) is 10.3. The zero-order chi connectivity index (χ0) is 17.0. The molecule has 0 bridgehead atoms. The van der Waals surface area contributed by atoms with Crippen molar-refractivity contribution in [1.82, 2.24) is 0 Å². The van der Waals surface area contributed by atoms with Crippen LogP contribution in [0, 0.1) is 0 Å². The number of hydrogen-bond donors (Lipinski definition) is 2. The van der Waals surface area contributed by atoms with E-state index < -0.39 is 11.9 Å². The van der Waals surface area contributed by atoms with E-state index in [0.717, 1.165) is 17.1 Å². The molecule has 0 radical (unpaired) electrons. The van der Waals surface area contributed by atoms with Crippen molar-refractivity contribution in [2.24, 2.45) is 0 Å². The standard InChI is InChI=1S/C17H17NO4S/c1-3-18(2)12-5-7-13(8-6-12)23-15-10-11(16(19)20)4-9-14(15)17(21)22/h4-10H,3H2,1-2H3,(H,19,20)(H,21,22). The van der Waals surface area contributed by atoms with Crippen molar-refractivity contribution in [2.45, 2.75) is 16.7 Å². The molecule has 0 fully saturated rings. The van der Waals surface area contributed by atoms with Gasteiger partial charge in [-0.3, -0.25) is 0 Å². The molecule has 2 aromatic carbocycles. The van der Waals surface area contributed by atoms with Crippen molar-refractivity contribution >= 4 is 29.4 Å². The van der Waals surface area contributed by atoms with E-state index in [1.165, 1.54) is 30.0 Å². The summed E-state index contributed by atoms with van der Waals surface area (Å²) in [5.74, 6) is -2.16. The highest BCUT2D eigenvalue weighted by Crippen LogP contribution is 2.32. The van der Waals surface area contributed by atoms with E-state index in [9.17, 15) is 14.7 Å². The highest BCUT2D eigenvalue weighted by molar-refractivity contribution is 7.99. The fourth-order valence-corrected chi connectivity index (χ4v) is 2.97. The molecule has 5 nitrogen and oxygen atoms in total. The van der Waals surface area contributed by atoms with Crippen molar-refractivity contribution in [3.63, 3.8) is 0 Å². The van der Waals surface area contributed by atoms with E-state index in [0.29, 0.717) is 4.90 Å². The number of carboxylic acids is 2. The number of carboxylic acid groups (broad SMARTS) is 2. The Kier molecular flexibility index (Phi) is 5.28. The van der Waals surface area contributed by atoms with Gasteiger partial charge in [0.2, 0.25) is 0 Å². The minimum absolute atomic E-state index is 0.0693. The van der Waals surface area contributed by atoms with Crippen LogP contribution in [0.25, 0.3) is 0 Å². The summed E-state index contributed by atoms with van der Waals surface area (Å²) in [6, 6.07) is 11.7. The molecular weight excluding hydrogens is 314 g/mol. The van der Waals surface area contributed by atoms with Gasteiger partial charge in [0.05, 0.1) is 11.1 Å². The van der Waals surface area contributed by atoms with Crippen molar-refractivity contribution in [2.75, 3.05) is 18.5 Å². The van der Waals surface area contributed by atoms with Gasteiger partial charge in [0.1, 0.15) is 0 Å². The Balaban J connectivity index is 2.32. The number of anilines is 1. The van der Waals surface area contributed by atoms with Gasteiger partial charge < -0.3 is 15.1 Å². The lowest BCUT2D eigenvalue weighted by Gasteiger charge is -2.17. The maximum absolute atomic E-state index is 11.3. The number of nitrogens with zero attached hydrogens (tertiary/aromatic N) is 1. The lowest BCUT2D eigenvalue weighted by atomic mass is 10.1. The fourth-order valence-electron chi connectivity index (χ4n) is 1.99. The Hall–Kier alpha value is -2.47. The minimum Gasteiger partial charge on any atom is -0.478 e. The number of carbonyl (C=O) groups is 2. The molecule has 2 rings (SSSR count). The first-order valence-electron chi connectivity index (χ1n) is 7.02. The number of hydrogen-bond acceptors (Lipinski definition) is 4. The van der Waals surface area contributed by atoms with Crippen molar-refractivity contribution in [1.29, 1.82) is 0 Å². The Labute approximate surface area is 138 Å². The molecule has 0 aromatic heterocycles.